The Balaban J connectivity index is 0.00000625. The summed E-state index contributed by atoms with van der Waals surface area (Å²) in [5.41, 5.74) is 0.826. The highest BCUT2D eigenvalue weighted by molar-refractivity contribution is 14.0. The zero-order chi connectivity index (χ0) is 18.7. The van der Waals surface area contributed by atoms with Crippen LogP contribution in [0.15, 0.2) is 23.2 Å². The van der Waals surface area contributed by atoms with Gasteiger partial charge in [0.1, 0.15) is 0 Å². The lowest BCUT2D eigenvalue weighted by atomic mass is 10.2. The molecule has 0 bridgehead atoms. The van der Waals surface area contributed by atoms with Crippen molar-refractivity contribution in [3.05, 3.63) is 18.2 Å². The van der Waals surface area contributed by atoms with Crippen LogP contribution in [0.3, 0.4) is 0 Å². The predicted molar refractivity (Wildman–Crippen MR) is 117 cm³/mol. The maximum absolute atomic E-state index is 12.0. The van der Waals surface area contributed by atoms with Crippen molar-refractivity contribution in [3.63, 3.8) is 0 Å². The van der Waals surface area contributed by atoms with E-state index in [0.717, 1.165) is 25.3 Å². The molecule has 0 aliphatic rings. The lowest BCUT2D eigenvalue weighted by Crippen LogP contribution is -2.32. The molecule has 0 spiro atoms. The molecule has 0 unspecified atom stereocenters. The minimum Gasteiger partial charge on any atom is -0.493 e. The number of guanidine groups is 1. The van der Waals surface area contributed by atoms with Gasteiger partial charge in [0, 0.05) is 37.8 Å². The summed E-state index contributed by atoms with van der Waals surface area (Å²) >= 11 is 0. The number of rotatable bonds is 9. The molecular formula is C18H31IN4O3. The van der Waals surface area contributed by atoms with Gasteiger partial charge in [0.05, 0.1) is 20.8 Å². The second kappa shape index (κ2) is 13.5. The Morgan fingerprint density at radius 1 is 1.12 bits per heavy atom. The number of nitrogens with one attached hydrogen (secondary N) is 2. The highest BCUT2D eigenvalue weighted by Crippen LogP contribution is 2.29. The second-order valence-electron chi connectivity index (χ2n) is 5.27. The van der Waals surface area contributed by atoms with Crippen molar-refractivity contribution in [2.24, 2.45) is 4.99 Å². The van der Waals surface area contributed by atoms with Gasteiger partial charge >= 0.3 is 0 Å². The topological polar surface area (TPSA) is 75.2 Å². The van der Waals surface area contributed by atoms with Crippen LogP contribution in [0.4, 0.5) is 5.69 Å². The molecule has 2 N–H and O–H groups in total. The number of methoxy groups -OCH3 is 2. The Labute approximate surface area is 173 Å². The van der Waals surface area contributed by atoms with Crippen LogP contribution in [0, 0.1) is 0 Å². The van der Waals surface area contributed by atoms with Crippen LogP contribution in [0.1, 0.15) is 27.2 Å². The molecule has 0 radical (unpaired) electrons. The van der Waals surface area contributed by atoms with E-state index in [9.17, 15) is 4.79 Å². The van der Waals surface area contributed by atoms with Gasteiger partial charge in [-0.2, -0.15) is 0 Å². The fourth-order valence-electron chi connectivity index (χ4n) is 2.36. The number of carbonyl (C=O) groups excluding carboxylic acids is 1. The normalized spacial score (nSPS) is 10.6. The predicted octanol–water partition coefficient (Wildman–Crippen LogP) is 2.96. The Hall–Kier alpha value is -1.71. The number of halogens is 1. The standard InChI is InChI=1S/C18H30N4O3.HI/c1-6-19-18(20-12-11-17(23)22(7-2)8-3)21-14-9-10-15(24-4)16(13-14)25-5;/h9-10,13H,6-8,11-12H2,1-5H3,(H2,19,20,21);1H. The summed E-state index contributed by atoms with van der Waals surface area (Å²) < 4.78 is 10.5. The number of hydrogen-bond donors (Lipinski definition) is 2. The van der Waals surface area contributed by atoms with E-state index < -0.39 is 0 Å². The van der Waals surface area contributed by atoms with Gasteiger partial charge in [-0.25, -0.2) is 0 Å². The van der Waals surface area contributed by atoms with Gasteiger partial charge in [0.15, 0.2) is 17.5 Å². The molecule has 26 heavy (non-hydrogen) atoms. The van der Waals surface area contributed by atoms with Crippen molar-refractivity contribution in [3.8, 4) is 11.5 Å². The number of amides is 1. The van der Waals surface area contributed by atoms with Crippen molar-refractivity contribution in [1.29, 1.82) is 0 Å². The molecule has 1 aromatic carbocycles. The summed E-state index contributed by atoms with van der Waals surface area (Å²) in [5, 5.41) is 6.39. The minimum absolute atomic E-state index is 0. The number of anilines is 1. The van der Waals surface area contributed by atoms with E-state index in [1.165, 1.54) is 0 Å². The molecule has 148 valence electrons. The number of ether oxygens (including phenoxy) is 2. The lowest BCUT2D eigenvalue weighted by Gasteiger charge is -2.18. The van der Waals surface area contributed by atoms with Gasteiger partial charge in [-0.15, -0.1) is 24.0 Å². The van der Waals surface area contributed by atoms with Crippen LogP contribution in [-0.4, -0.2) is 57.2 Å². The zero-order valence-corrected chi connectivity index (χ0v) is 18.6. The summed E-state index contributed by atoms with van der Waals surface area (Å²) in [6.07, 6.45) is 0.393. The third-order valence-corrected chi connectivity index (χ3v) is 3.70. The zero-order valence-electron chi connectivity index (χ0n) is 16.3. The SMILES string of the molecule is CCNC(=NCCC(=O)N(CC)CC)Nc1ccc(OC)c(OC)c1.I. The largest absolute Gasteiger partial charge is 0.493 e. The van der Waals surface area contributed by atoms with Crippen LogP contribution in [0.25, 0.3) is 0 Å². The van der Waals surface area contributed by atoms with Crippen molar-refractivity contribution in [1.82, 2.24) is 10.2 Å². The molecule has 0 aliphatic carbocycles. The molecule has 0 fully saturated rings. The summed E-state index contributed by atoms with van der Waals surface area (Å²) in [6.45, 7) is 8.56. The Morgan fingerprint density at radius 3 is 2.31 bits per heavy atom. The van der Waals surface area contributed by atoms with E-state index in [4.69, 9.17) is 9.47 Å². The van der Waals surface area contributed by atoms with Gasteiger partial charge in [0.2, 0.25) is 5.91 Å². The fraction of sp³-hybridized carbons (Fsp3) is 0.556. The van der Waals surface area contributed by atoms with Crippen LogP contribution in [0.2, 0.25) is 0 Å². The molecule has 0 aliphatic heterocycles. The van der Waals surface area contributed by atoms with Gasteiger partial charge in [-0.3, -0.25) is 9.79 Å². The van der Waals surface area contributed by atoms with E-state index in [0.29, 0.717) is 30.4 Å². The smallest absolute Gasteiger partial charge is 0.224 e. The van der Waals surface area contributed by atoms with Crippen LogP contribution < -0.4 is 20.1 Å². The van der Waals surface area contributed by atoms with Crippen molar-refractivity contribution in [2.75, 3.05) is 45.7 Å². The average molecular weight is 478 g/mol. The number of hydrogen-bond acceptors (Lipinski definition) is 4. The summed E-state index contributed by atoms with van der Waals surface area (Å²) in [6, 6.07) is 5.55. The highest BCUT2D eigenvalue weighted by Gasteiger charge is 2.09. The number of benzene rings is 1. The summed E-state index contributed by atoms with van der Waals surface area (Å²) in [7, 11) is 3.20. The van der Waals surface area contributed by atoms with E-state index in [2.05, 4.69) is 15.6 Å². The maximum atomic E-state index is 12.0. The second-order valence-corrected chi connectivity index (χ2v) is 5.27. The third kappa shape index (κ3) is 7.67. The van der Waals surface area contributed by atoms with Crippen molar-refractivity contribution >= 4 is 41.5 Å². The highest BCUT2D eigenvalue weighted by atomic mass is 127. The molecule has 1 aromatic rings. The molecule has 0 saturated heterocycles. The molecule has 0 saturated carbocycles. The maximum Gasteiger partial charge on any atom is 0.224 e. The third-order valence-electron chi connectivity index (χ3n) is 3.70. The molecule has 8 heteroatoms. The quantitative estimate of drug-likeness (QED) is 0.325. The summed E-state index contributed by atoms with van der Waals surface area (Å²) in [4.78, 5) is 18.3. The number of aliphatic imine (C=N–C) groups is 1. The van der Waals surface area contributed by atoms with Gasteiger partial charge in [-0.05, 0) is 32.9 Å². The van der Waals surface area contributed by atoms with E-state index in [1.807, 2.05) is 43.9 Å². The van der Waals surface area contributed by atoms with Gasteiger partial charge in [0.25, 0.3) is 0 Å². The average Bonchev–Trinajstić information content (AvgIpc) is 2.62. The molecule has 0 aromatic heterocycles. The van der Waals surface area contributed by atoms with Crippen LogP contribution in [-0.2, 0) is 4.79 Å². The van der Waals surface area contributed by atoms with Gasteiger partial charge < -0.3 is 25.0 Å². The molecule has 0 heterocycles. The molecule has 7 nitrogen and oxygen atoms in total. The first kappa shape index (κ1) is 24.3. The first-order chi connectivity index (χ1) is 12.1. The van der Waals surface area contributed by atoms with Crippen molar-refractivity contribution < 1.29 is 14.3 Å². The van der Waals surface area contributed by atoms with E-state index in [1.54, 1.807) is 14.2 Å². The Morgan fingerprint density at radius 2 is 1.77 bits per heavy atom. The van der Waals surface area contributed by atoms with E-state index in [-0.39, 0.29) is 29.9 Å². The van der Waals surface area contributed by atoms with Crippen LogP contribution in [0.5, 0.6) is 11.5 Å². The summed E-state index contributed by atoms with van der Waals surface area (Å²) in [5.74, 6) is 2.05. The number of nitrogens with zero attached hydrogens (tertiary/aromatic N) is 2. The lowest BCUT2D eigenvalue weighted by molar-refractivity contribution is -0.130. The minimum atomic E-state index is 0. The number of carbonyl (C=O) groups is 1. The molecule has 1 rings (SSSR count). The van der Waals surface area contributed by atoms with Crippen LogP contribution >= 0.6 is 24.0 Å². The first-order valence-corrected chi connectivity index (χ1v) is 8.64. The van der Waals surface area contributed by atoms with Crippen molar-refractivity contribution in [2.45, 2.75) is 27.2 Å². The Bertz CT molecular complexity index is 578. The van der Waals surface area contributed by atoms with Gasteiger partial charge in [-0.1, -0.05) is 0 Å². The molecule has 1 amide bonds. The van der Waals surface area contributed by atoms with E-state index >= 15 is 0 Å². The molecular weight excluding hydrogens is 447 g/mol. The fourth-order valence-corrected chi connectivity index (χ4v) is 2.36. The Kier molecular flexibility index (Phi) is 12.6. The monoisotopic (exact) mass is 478 g/mol. The first-order valence-electron chi connectivity index (χ1n) is 8.64. The molecule has 0 atom stereocenters.